The van der Waals surface area contributed by atoms with Crippen LogP contribution in [0.5, 0.6) is 0 Å². The number of halogens is 1. The van der Waals surface area contributed by atoms with E-state index in [-0.39, 0.29) is 4.90 Å². The van der Waals surface area contributed by atoms with Crippen molar-refractivity contribution in [3.05, 3.63) is 30.1 Å². The fourth-order valence-electron chi connectivity index (χ4n) is 0.633. The normalized spacial score (nSPS) is 11.5. The zero-order valence-corrected chi connectivity index (χ0v) is 6.65. The maximum atomic E-state index is 12.4. The van der Waals surface area contributed by atoms with Crippen LogP contribution in [0.2, 0.25) is 0 Å². The summed E-state index contributed by atoms with van der Waals surface area (Å²) < 4.78 is 34.0. The quantitative estimate of drug-likeness (QED) is 0.635. The van der Waals surface area contributed by atoms with Gasteiger partial charge in [-0.25, -0.2) is 12.8 Å². The van der Waals surface area contributed by atoms with Gasteiger partial charge in [0, 0.05) is 12.3 Å². The molecule has 2 nitrogen and oxygen atoms in total. The van der Waals surface area contributed by atoms with Gasteiger partial charge >= 0.3 is 0 Å². The van der Waals surface area contributed by atoms with Crippen LogP contribution in [-0.2, 0) is 9.84 Å². The Labute approximate surface area is 64.6 Å². The Bertz CT molecular complexity index is 356. The molecule has 59 valence electrons. The highest BCUT2D eigenvalue weighted by Crippen LogP contribution is 2.08. The third kappa shape index (κ3) is 2.01. The summed E-state index contributed by atoms with van der Waals surface area (Å²) >= 11 is 0. The van der Waals surface area contributed by atoms with Crippen molar-refractivity contribution in [3.63, 3.8) is 0 Å². The fraction of sp³-hybridized carbons (Fsp3) is 0.143. The molecule has 0 aliphatic heterocycles. The number of sulfone groups is 1. The molecule has 0 atom stereocenters. The van der Waals surface area contributed by atoms with E-state index >= 15 is 0 Å². The Kier molecular flexibility index (Phi) is 1.95. The molecule has 0 aliphatic carbocycles. The summed E-state index contributed by atoms with van der Waals surface area (Å²) in [5.74, 6) is -0.566. The van der Waals surface area contributed by atoms with Crippen molar-refractivity contribution >= 4 is 9.84 Å². The van der Waals surface area contributed by atoms with Gasteiger partial charge in [0.15, 0.2) is 9.84 Å². The minimum absolute atomic E-state index is 0.113. The molecule has 0 aliphatic rings. The monoisotopic (exact) mass is 173 g/mol. The molecule has 1 rings (SSSR count). The first-order chi connectivity index (χ1) is 5.00. The average molecular weight is 173 g/mol. The van der Waals surface area contributed by atoms with Crippen molar-refractivity contribution in [1.29, 1.82) is 0 Å². The van der Waals surface area contributed by atoms with E-state index in [4.69, 9.17) is 0 Å². The Balaban J connectivity index is 3.28. The van der Waals surface area contributed by atoms with Crippen LogP contribution < -0.4 is 0 Å². The predicted octanol–water partition coefficient (Wildman–Crippen LogP) is 1.03. The molecule has 1 aromatic carbocycles. The number of rotatable bonds is 1. The molecule has 11 heavy (non-hydrogen) atoms. The third-order valence-corrected chi connectivity index (χ3v) is 2.17. The van der Waals surface area contributed by atoms with Crippen LogP contribution in [-0.4, -0.2) is 14.7 Å². The van der Waals surface area contributed by atoms with Crippen molar-refractivity contribution < 1.29 is 12.8 Å². The van der Waals surface area contributed by atoms with E-state index in [1.165, 1.54) is 6.07 Å². The van der Waals surface area contributed by atoms with Crippen LogP contribution >= 0.6 is 0 Å². The molecule has 0 heterocycles. The van der Waals surface area contributed by atoms with Crippen LogP contribution in [0.3, 0.4) is 0 Å². The van der Waals surface area contributed by atoms with Gasteiger partial charge in [0.05, 0.1) is 4.90 Å². The molecule has 0 saturated heterocycles. The second-order valence-corrected chi connectivity index (χ2v) is 4.13. The van der Waals surface area contributed by atoms with E-state index in [0.717, 1.165) is 18.4 Å². The van der Waals surface area contributed by atoms with Crippen molar-refractivity contribution in [2.75, 3.05) is 6.26 Å². The van der Waals surface area contributed by atoms with E-state index in [0.29, 0.717) is 0 Å². The largest absolute Gasteiger partial charge is 0.224 e. The van der Waals surface area contributed by atoms with Gasteiger partial charge in [-0.2, -0.15) is 0 Å². The molecule has 1 radical (unpaired) electrons. The van der Waals surface area contributed by atoms with E-state index in [1.807, 2.05) is 0 Å². The lowest BCUT2D eigenvalue weighted by molar-refractivity contribution is 0.595. The van der Waals surface area contributed by atoms with Crippen LogP contribution in [0.4, 0.5) is 4.39 Å². The molecule has 1 aromatic rings. The van der Waals surface area contributed by atoms with Crippen LogP contribution in [0.1, 0.15) is 0 Å². The lowest BCUT2D eigenvalue weighted by Gasteiger charge is -1.94. The molecule has 0 saturated carbocycles. The predicted molar refractivity (Wildman–Crippen MR) is 38.3 cm³/mol. The molecule has 0 fully saturated rings. The van der Waals surface area contributed by atoms with Crippen LogP contribution in [0.15, 0.2) is 23.1 Å². The molecule has 0 bridgehead atoms. The Morgan fingerprint density at radius 1 is 1.55 bits per heavy atom. The van der Waals surface area contributed by atoms with Gasteiger partial charge in [-0.3, -0.25) is 0 Å². The first-order valence-corrected chi connectivity index (χ1v) is 4.76. The summed E-state index contributed by atoms with van der Waals surface area (Å²) in [7, 11) is -3.32. The van der Waals surface area contributed by atoms with E-state index in [1.54, 1.807) is 0 Å². The Hall–Kier alpha value is -0.900. The number of hydrogen-bond donors (Lipinski definition) is 0. The topological polar surface area (TPSA) is 34.1 Å². The highest BCUT2D eigenvalue weighted by Gasteiger charge is 2.06. The molecule has 4 heteroatoms. The zero-order valence-electron chi connectivity index (χ0n) is 5.83. The highest BCUT2D eigenvalue weighted by molar-refractivity contribution is 7.90. The molecule has 0 unspecified atom stereocenters. The lowest BCUT2D eigenvalue weighted by atomic mass is 10.4. The second-order valence-electron chi connectivity index (χ2n) is 2.14. The fourth-order valence-corrected chi connectivity index (χ4v) is 1.24. The summed E-state index contributed by atoms with van der Waals surface area (Å²) in [5.41, 5.74) is 0. The van der Waals surface area contributed by atoms with Gasteiger partial charge in [-0.15, -0.1) is 0 Å². The molecule has 0 spiro atoms. The van der Waals surface area contributed by atoms with Gasteiger partial charge in [0.2, 0.25) is 0 Å². The second kappa shape index (κ2) is 2.62. The first kappa shape index (κ1) is 8.20. The zero-order chi connectivity index (χ0) is 8.48. The minimum Gasteiger partial charge on any atom is -0.224 e. The molecule has 0 amide bonds. The van der Waals surface area contributed by atoms with Crippen LogP contribution in [0.25, 0.3) is 0 Å². The molecule has 0 aromatic heterocycles. The summed E-state index contributed by atoms with van der Waals surface area (Å²) in [6, 6.07) is 5.75. The van der Waals surface area contributed by atoms with Gasteiger partial charge in [0.25, 0.3) is 0 Å². The van der Waals surface area contributed by atoms with Crippen LogP contribution in [0, 0.1) is 11.9 Å². The van der Waals surface area contributed by atoms with Gasteiger partial charge in [0.1, 0.15) is 5.82 Å². The standard InChI is InChI=1S/C7H6FO2S/c1-11(9,10)7-4-2-3-6(8)5-7/h2-3,5H,1H3. The summed E-state index contributed by atoms with van der Waals surface area (Å²) in [4.78, 5) is -0.113. The minimum atomic E-state index is -3.32. The van der Waals surface area contributed by atoms with Crippen molar-refractivity contribution in [2.45, 2.75) is 4.90 Å². The van der Waals surface area contributed by atoms with Gasteiger partial charge in [-0.05, 0) is 12.1 Å². The van der Waals surface area contributed by atoms with E-state index < -0.39 is 15.7 Å². The maximum Gasteiger partial charge on any atom is 0.176 e. The Morgan fingerprint density at radius 2 is 2.18 bits per heavy atom. The van der Waals surface area contributed by atoms with E-state index in [2.05, 4.69) is 6.07 Å². The lowest BCUT2D eigenvalue weighted by Crippen LogP contribution is -1.97. The van der Waals surface area contributed by atoms with Crippen molar-refractivity contribution in [1.82, 2.24) is 0 Å². The average Bonchev–Trinajstić information content (AvgIpc) is 1.86. The SMILES string of the molecule is CS(=O)(=O)c1[c]ccc(F)c1. The maximum absolute atomic E-state index is 12.4. The summed E-state index contributed by atoms with van der Waals surface area (Å²) in [6.45, 7) is 0. The third-order valence-electron chi connectivity index (χ3n) is 1.14. The molecular weight excluding hydrogens is 167 g/mol. The summed E-state index contributed by atoms with van der Waals surface area (Å²) in [5, 5.41) is 0. The van der Waals surface area contributed by atoms with Gasteiger partial charge < -0.3 is 0 Å². The molecule has 0 N–H and O–H groups in total. The Morgan fingerprint density at radius 3 is 2.55 bits per heavy atom. The first-order valence-electron chi connectivity index (χ1n) is 2.87. The van der Waals surface area contributed by atoms with Crippen molar-refractivity contribution in [3.8, 4) is 0 Å². The summed E-state index contributed by atoms with van der Waals surface area (Å²) in [6.07, 6.45) is 1.01. The van der Waals surface area contributed by atoms with Crippen molar-refractivity contribution in [2.24, 2.45) is 0 Å². The highest BCUT2D eigenvalue weighted by atomic mass is 32.2. The van der Waals surface area contributed by atoms with Gasteiger partial charge in [-0.1, -0.05) is 6.07 Å². The number of hydrogen-bond acceptors (Lipinski definition) is 2. The molecular formula is C7H6FO2S. The number of benzene rings is 1. The smallest absolute Gasteiger partial charge is 0.176 e. The van der Waals surface area contributed by atoms with E-state index in [9.17, 15) is 12.8 Å².